The van der Waals surface area contributed by atoms with E-state index in [4.69, 9.17) is 17.3 Å². The summed E-state index contributed by atoms with van der Waals surface area (Å²) in [5.74, 6) is 0. The van der Waals surface area contributed by atoms with E-state index in [9.17, 15) is 0 Å². The van der Waals surface area contributed by atoms with Crippen LogP contribution in [-0.4, -0.2) is 11.0 Å². The summed E-state index contributed by atoms with van der Waals surface area (Å²) in [6, 6.07) is 10.6. The molecule has 1 aromatic heterocycles. The van der Waals surface area contributed by atoms with E-state index in [2.05, 4.69) is 22.0 Å². The molecular formula is C15H16ClN3. The highest BCUT2D eigenvalue weighted by Crippen LogP contribution is 2.36. The van der Waals surface area contributed by atoms with Gasteiger partial charge in [-0.25, -0.2) is 0 Å². The Kier molecular flexibility index (Phi) is 3.30. The van der Waals surface area contributed by atoms with Gasteiger partial charge in [0.2, 0.25) is 0 Å². The van der Waals surface area contributed by atoms with Gasteiger partial charge in [-0.3, -0.25) is 4.98 Å². The first-order valence-electron chi connectivity index (χ1n) is 6.44. The van der Waals surface area contributed by atoms with E-state index in [-0.39, 0.29) is 0 Å². The molecule has 1 aliphatic rings. The van der Waals surface area contributed by atoms with Crippen molar-refractivity contribution in [2.45, 2.75) is 25.4 Å². The Morgan fingerprint density at radius 1 is 1.21 bits per heavy atom. The summed E-state index contributed by atoms with van der Waals surface area (Å²) >= 11 is 6.26. The van der Waals surface area contributed by atoms with Crippen LogP contribution in [0.3, 0.4) is 0 Å². The van der Waals surface area contributed by atoms with Crippen LogP contribution in [0.4, 0.5) is 11.4 Å². The lowest BCUT2D eigenvalue weighted by atomic mass is 10.2. The summed E-state index contributed by atoms with van der Waals surface area (Å²) < 4.78 is 0. The molecule has 19 heavy (non-hydrogen) atoms. The number of halogens is 1. The van der Waals surface area contributed by atoms with Crippen molar-refractivity contribution in [3.05, 3.63) is 53.3 Å². The van der Waals surface area contributed by atoms with Crippen molar-refractivity contribution >= 4 is 23.0 Å². The molecule has 0 unspecified atom stereocenters. The summed E-state index contributed by atoms with van der Waals surface area (Å²) in [6.07, 6.45) is 5.95. The fourth-order valence-electron chi connectivity index (χ4n) is 2.22. The van der Waals surface area contributed by atoms with Crippen molar-refractivity contribution in [3.63, 3.8) is 0 Å². The van der Waals surface area contributed by atoms with Gasteiger partial charge in [-0.1, -0.05) is 23.7 Å². The predicted molar refractivity (Wildman–Crippen MR) is 79.3 cm³/mol. The van der Waals surface area contributed by atoms with Crippen LogP contribution in [0, 0.1) is 0 Å². The second-order valence-electron chi connectivity index (χ2n) is 4.93. The Morgan fingerprint density at radius 3 is 2.58 bits per heavy atom. The standard InChI is InChI=1S/C15H16ClN3/c16-14-9-18-8-7-15(14)19(13-5-6-13)10-11-1-3-12(17)4-2-11/h1-4,7-9,13H,5-6,10,17H2. The number of nitrogens with two attached hydrogens (primary N) is 1. The minimum absolute atomic E-state index is 0.595. The maximum Gasteiger partial charge on any atom is 0.0822 e. The Balaban J connectivity index is 1.86. The topological polar surface area (TPSA) is 42.1 Å². The Bertz CT molecular complexity index is 564. The van der Waals surface area contributed by atoms with Gasteiger partial charge in [-0.2, -0.15) is 0 Å². The number of hydrogen-bond donors (Lipinski definition) is 1. The molecule has 0 bridgehead atoms. The zero-order valence-corrected chi connectivity index (χ0v) is 11.3. The van der Waals surface area contributed by atoms with Crippen molar-refractivity contribution in [2.75, 3.05) is 10.6 Å². The molecule has 0 aliphatic heterocycles. The molecule has 2 aromatic rings. The summed E-state index contributed by atoms with van der Waals surface area (Å²) in [4.78, 5) is 6.41. The van der Waals surface area contributed by atoms with E-state index in [1.54, 1.807) is 12.4 Å². The van der Waals surface area contributed by atoms with Crippen molar-refractivity contribution in [2.24, 2.45) is 0 Å². The van der Waals surface area contributed by atoms with Crippen LogP contribution < -0.4 is 10.6 Å². The van der Waals surface area contributed by atoms with Crippen LogP contribution in [0.1, 0.15) is 18.4 Å². The van der Waals surface area contributed by atoms with Crippen LogP contribution in [0.25, 0.3) is 0 Å². The molecule has 3 rings (SSSR count). The summed E-state index contributed by atoms with van der Waals surface area (Å²) in [5, 5.41) is 0.713. The van der Waals surface area contributed by atoms with Crippen LogP contribution in [-0.2, 0) is 6.54 Å². The van der Waals surface area contributed by atoms with E-state index >= 15 is 0 Å². The fourth-order valence-corrected chi connectivity index (χ4v) is 2.45. The minimum Gasteiger partial charge on any atom is -0.399 e. The maximum atomic E-state index is 6.26. The number of benzene rings is 1. The van der Waals surface area contributed by atoms with E-state index in [1.165, 1.54) is 18.4 Å². The molecular weight excluding hydrogens is 258 g/mol. The number of rotatable bonds is 4. The molecule has 1 fully saturated rings. The summed E-state index contributed by atoms with van der Waals surface area (Å²) in [7, 11) is 0. The fraction of sp³-hybridized carbons (Fsp3) is 0.267. The van der Waals surface area contributed by atoms with Crippen molar-refractivity contribution in [3.8, 4) is 0 Å². The van der Waals surface area contributed by atoms with Gasteiger partial charge < -0.3 is 10.6 Å². The highest BCUT2D eigenvalue weighted by molar-refractivity contribution is 6.33. The summed E-state index contributed by atoms with van der Waals surface area (Å²) in [6.45, 7) is 0.856. The number of anilines is 2. The molecule has 1 aromatic carbocycles. The van der Waals surface area contributed by atoms with E-state index < -0.39 is 0 Å². The number of nitrogens with zero attached hydrogens (tertiary/aromatic N) is 2. The molecule has 2 N–H and O–H groups in total. The van der Waals surface area contributed by atoms with Crippen LogP contribution in [0.5, 0.6) is 0 Å². The molecule has 1 saturated carbocycles. The molecule has 3 nitrogen and oxygen atoms in total. The Morgan fingerprint density at radius 2 is 1.95 bits per heavy atom. The smallest absolute Gasteiger partial charge is 0.0822 e. The number of nitrogen functional groups attached to an aromatic ring is 1. The Labute approximate surface area is 118 Å². The molecule has 1 heterocycles. The molecule has 0 saturated heterocycles. The molecule has 1 aliphatic carbocycles. The van der Waals surface area contributed by atoms with Crippen molar-refractivity contribution in [1.29, 1.82) is 0 Å². The quantitative estimate of drug-likeness (QED) is 0.867. The Hall–Kier alpha value is -1.74. The first-order valence-corrected chi connectivity index (χ1v) is 6.82. The SMILES string of the molecule is Nc1ccc(CN(c2ccncc2Cl)C2CC2)cc1. The second kappa shape index (κ2) is 5.10. The average Bonchev–Trinajstić information content (AvgIpc) is 3.24. The van der Waals surface area contributed by atoms with Crippen LogP contribution in [0.15, 0.2) is 42.7 Å². The highest BCUT2D eigenvalue weighted by atomic mass is 35.5. The van der Waals surface area contributed by atoms with Gasteiger partial charge >= 0.3 is 0 Å². The van der Waals surface area contributed by atoms with Crippen LogP contribution >= 0.6 is 11.6 Å². The molecule has 98 valence electrons. The predicted octanol–water partition coefficient (Wildman–Crippen LogP) is 3.49. The minimum atomic E-state index is 0.595. The molecule has 4 heteroatoms. The molecule has 0 amide bonds. The third kappa shape index (κ3) is 2.82. The van der Waals surface area contributed by atoms with Gasteiger partial charge in [0, 0.05) is 30.7 Å². The molecule has 0 spiro atoms. The largest absolute Gasteiger partial charge is 0.399 e. The summed E-state index contributed by atoms with van der Waals surface area (Å²) in [5.41, 5.74) is 8.83. The third-order valence-electron chi connectivity index (χ3n) is 3.38. The van der Waals surface area contributed by atoms with Crippen LogP contribution in [0.2, 0.25) is 5.02 Å². The van der Waals surface area contributed by atoms with Crippen molar-refractivity contribution < 1.29 is 0 Å². The molecule has 0 radical (unpaired) electrons. The number of pyridine rings is 1. The number of hydrogen-bond acceptors (Lipinski definition) is 3. The molecule has 0 atom stereocenters. The van der Waals surface area contributed by atoms with Gasteiger partial charge in [0.1, 0.15) is 0 Å². The van der Waals surface area contributed by atoms with Crippen molar-refractivity contribution in [1.82, 2.24) is 4.98 Å². The zero-order valence-electron chi connectivity index (χ0n) is 10.6. The van der Waals surface area contributed by atoms with Gasteiger partial charge in [0.05, 0.1) is 10.7 Å². The monoisotopic (exact) mass is 273 g/mol. The first-order chi connectivity index (χ1) is 9.24. The zero-order chi connectivity index (χ0) is 13.2. The average molecular weight is 274 g/mol. The highest BCUT2D eigenvalue weighted by Gasteiger charge is 2.30. The van der Waals surface area contributed by atoms with Gasteiger partial charge in [-0.05, 0) is 36.6 Å². The first kappa shape index (κ1) is 12.3. The lowest BCUT2D eigenvalue weighted by Crippen LogP contribution is -2.25. The second-order valence-corrected chi connectivity index (χ2v) is 5.33. The van der Waals surface area contributed by atoms with E-state index in [0.717, 1.165) is 17.9 Å². The van der Waals surface area contributed by atoms with Gasteiger partial charge in [0.25, 0.3) is 0 Å². The normalized spacial score (nSPS) is 14.4. The van der Waals surface area contributed by atoms with Gasteiger partial charge in [-0.15, -0.1) is 0 Å². The maximum absolute atomic E-state index is 6.26. The van der Waals surface area contributed by atoms with E-state index in [0.29, 0.717) is 11.1 Å². The lowest BCUT2D eigenvalue weighted by molar-refractivity contribution is 0.794. The van der Waals surface area contributed by atoms with E-state index in [1.807, 2.05) is 18.2 Å². The third-order valence-corrected chi connectivity index (χ3v) is 3.67. The lowest BCUT2D eigenvalue weighted by Gasteiger charge is -2.25. The number of aromatic nitrogens is 1. The van der Waals surface area contributed by atoms with Gasteiger partial charge in [0.15, 0.2) is 0 Å².